The number of para-hydroxylation sites is 1. The van der Waals surface area contributed by atoms with Gasteiger partial charge in [0, 0.05) is 31.7 Å². The number of carbonyl (C=O) groups is 1. The fourth-order valence-electron chi connectivity index (χ4n) is 3.42. The van der Waals surface area contributed by atoms with E-state index in [1.54, 1.807) is 12.1 Å². The van der Waals surface area contributed by atoms with Crippen LogP contribution in [0.4, 0.5) is 0 Å². The molecule has 0 radical (unpaired) electrons. The summed E-state index contributed by atoms with van der Waals surface area (Å²) in [5.41, 5.74) is 1.82. The maximum atomic E-state index is 12.8. The van der Waals surface area contributed by atoms with E-state index in [4.69, 9.17) is 16.3 Å². The standard InChI is InChI=1S/C22H27ClN2O3/c1-17-6-4-7-18(14-17)22(27)25-11-5-10-24(12-13-25)15-19(26)16-28-21-9-3-2-8-20(21)23/h2-4,6-9,14,19,26H,5,10-13,15-16H2,1H3. The molecule has 28 heavy (non-hydrogen) atoms. The number of halogens is 1. The quantitative estimate of drug-likeness (QED) is 0.805. The second kappa shape index (κ2) is 9.92. The predicted octanol–water partition coefficient (Wildman–Crippen LogP) is 3.24. The Morgan fingerprint density at radius 2 is 1.96 bits per heavy atom. The third-order valence-corrected chi connectivity index (χ3v) is 5.19. The van der Waals surface area contributed by atoms with Crippen molar-refractivity contribution < 1.29 is 14.6 Å². The first-order valence-corrected chi connectivity index (χ1v) is 10.0. The Morgan fingerprint density at radius 3 is 2.75 bits per heavy atom. The van der Waals surface area contributed by atoms with Gasteiger partial charge in [-0.15, -0.1) is 0 Å². The van der Waals surface area contributed by atoms with Crippen LogP contribution in [-0.2, 0) is 0 Å². The minimum atomic E-state index is -0.615. The number of aryl methyl sites for hydroxylation is 1. The first-order chi connectivity index (χ1) is 13.5. The van der Waals surface area contributed by atoms with Crippen LogP contribution >= 0.6 is 11.6 Å². The molecule has 1 heterocycles. The van der Waals surface area contributed by atoms with Crippen molar-refractivity contribution in [1.29, 1.82) is 0 Å². The maximum Gasteiger partial charge on any atom is 0.253 e. The number of benzene rings is 2. The van der Waals surface area contributed by atoms with Crippen LogP contribution in [0.2, 0.25) is 5.02 Å². The molecule has 0 spiro atoms. The van der Waals surface area contributed by atoms with E-state index in [1.807, 2.05) is 48.2 Å². The fraction of sp³-hybridized carbons (Fsp3) is 0.409. The van der Waals surface area contributed by atoms with E-state index in [2.05, 4.69) is 4.90 Å². The number of nitrogens with zero attached hydrogens (tertiary/aromatic N) is 2. The summed E-state index contributed by atoms with van der Waals surface area (Å²) < 4.78 is 5.63. The summed E-state index contributed by atoms with van der Waals surface area (Å²) in [6, 6.07) is 15.0. The van der Waals surface area contributed by atoms with Gasteiger partial charge in [0.15, 0.2) is 0 Å². The Kier molecular flexibility index (Phi) is 7.31. The largest absolute Gasteiger partial charge is 0.489 e. The van der Waals surface area contributed by atoms with Crippen LogP contribution in [0.1, 0.15) is 22.3 Å². The summed E-state index contributed by atoms with van der Waals surface area (Å²) in [6.45, 7) is 5.66. The summed E-state index contributed by atoms with van der Waals surface area (Å²) in [6.07, 6.45) is 0.269. The molecule has 0 bridgehead atoms. The molecule has 1 atom stereocenters. The summed E-state index contributed by atoms with van der Waals surface area (Å²) >= 11 is 6.07. The van der Waals surface area contributed by atoms with Crippen molar-refractivity contribution in [2.75, 3.05) is 39.3 Å². The lowest BCUT2D eigenvalue weighted by Crippen LogP contribution is -2.39. The number of carbonyl (C=O) groups excluding carboxylic acids is 1. The first kappa shape index (κ1) is 20.6. The zero-order valence-electron chi connectivity index (χ0n) is 16.2. The van der Waals surface area contributed by atoms with E-state index in [1.165, 1.54) is 0 Å². The summed E-state index contributed by atoms with van der Waals surface area (Å²) in [4.78, 5) is 16.8. The smallest absolute Gasteiger partial charge is 0.253 e. The number of ether oxygens (including phenoxy) is 1. The van der Waals surface area contributed by atoms with Crippen LogP contribution in [0.15, 0.2) is 48.5 Å². The molecule has 2 aromatic carbocycles. The Morgan fingerprint density at radius 1 is 1.14 bits per heavy atom. The molecule has 150 valence electrons. The number of amides is 1. The number of aliphatic hydroxyl groups is 1. The zero-order chi connectivity index (χ0) is 19.9. The van der Waals surface area contributed by atoms with E-state index in [0.29, 0.717) is 23.9 Å². The van der Waals surface area contributed by atoms with Crippen molar-refractivity contribution >= 4 is 17.5 Å². The number of aliphatic hydroxyl groups excluding tert-OH is 1. The normalized spacial score (nSPS) is 16.5. The van der Waals surface area contributed by atoms with Crippen molar-refractivity contribution in [2.45, 2.75) is 19.4 Å². The maximum absolute atomic E-state index is 12.8. The number of β-amino-alcohol motifs (C(OH)–C–C–N with tert-alkyl or cyclic N) is 1. The number of hydrogen-bond acceptors (Lipinski definition) is 4. The minimum absolute atomic E-state index is 0.0770. The molecule has 3 rings (SSSR count). The van der Waals surface area contributed by atoms with E-state index in [9.17, 15) is 9.90 Å². The van der Waals surface area contributed by atoms with Crippen LogP contribution in [0.25, 0.3) is 0 Å². The van der Waals surface area contributed by atoms with Crippen LogP contribution < -0.4 is 4.74 Å². The van der Waals surface area contributed by atoms with Gasteiger partial charge < -0.3 is 14.7 Å². The van der Waals surface area contributed by atoms with Gasteiger partial charge in [-0.1, -0.05) is 41.4 Å². The first-order valence-electron chi connectivity index (χ1n) is 9.66. The molecule has 1 amide bonds. The highest BCUT2D eigenvalue weighted by Gasteiger charge is 2.22. The third kappa shape index (κ3) is 5.71. The van der Waals surface area contributed by atoms with Gasteiger partial charge in [-0.2, -0.15) is 0 Å². The van der Waals surface area contributed by atoms with Crippen LogP contribution in [0, 0.1) is 6.92 Å². The predicted molar refractivity (Wildman–Crippen MR) is 111 cm³/mol. The lowest BCUT2D eigenvalue weighted by Gasteiger charge is -2.24. The van der Waals surface area contributed by atoms with Crippen molar-refractivity contribution in [2.24, 2.45) is 0 Å². The molecule has 1 saturated heterocycles. The molecule has 1 aliphatic rings. The Hall–Kier alpha value is -2.08. The van der Waals surface area contributed by atoms with Gasteiger partial charge in [-0.25, -0.2) is 0 Å². The molecule has 1 unspecified atom stereocenters. The summed E-state index contributed by atoms with van der Waals surface area (Å²) in [5, 5.41) is 10.9. The Labute approximate surface area is 171 Å². The second-order valence-corrected chi connectivity index (χ2v) is 7.62. The lowest BCUT2D eigenvalue weighted by molar-refractivity contribution is 0.0670. The highest BCUT2D eigenvalue weighted by Crippen LogP contribution is 2.23. The van der Waals surface area contributed by atoms with Crippen LogP contribution in [-0.4, -0.2) is 66.2 Å². The van der Waals surface area contributed by atoms with Gasteiger partial charge >= 0.3 is 0 Å². The molecule has 5 nitrogen and oxygen atoms in total. The Bertz CT molecular complexity index is 799. The minimum Gasteiger partial charge on any atom is -0.489 e. The van der Waals surface area contributed by atoms with Gasteiger partial charge in [0.1, 0.15) is 18.5 Å². The molecule has 0 aromatic heterocycles. The zero-order valence-corrected chi connectivity index (χ0v) is 16.9. The van der Waals surface area contributed by atoms with Gasteiger partial charge in [0.2, 0.25) is 0 Å². The fourth-order valence-corrected chi connectivity index (χ4v) is 3.61. The molecular weight excluding hydrogens is 376 g/mol. The molecule has 2 aromatic rings. The van der Waals surface area contributed by atoms with Crippen molar-refractivity contribution in [1.82, 2.24) is 9.80 Å². The molecule has 1 aliphatic heterocycles. The van der Waals surface area contributed by atoms with Crippen molar-refractivity contribution in [3.63, 3.8) is 0 Å². The summed E-state index contributed by atoms with van der Waals surface area (Å²) in [5.74, 6) is 0.655. The molecule has 6 heteroatoms. The average Bonchev–Trinajstić information content (AvgIpc) is 2.92. The van der Waals surface area contributed by atoms with Crippen LogP contribution in [0.3, 0.4) is 0 Å². The van der Waals surface area contributed by atoms with E-state index in [-0.39, 0.29) is 12.5 Å². The molecular formula is C22H27ClN2O3. The van der Waals surface area contributed by atoms with Crippen LogP contribution in [0.5, 0.6) is 5.75 Å². The number of hydrogen-bond donors (Lipinski definition) is 1. The SMILES string of the molecule is Cc1cccc(C(=O)N2CCCN(CC(O)COc3ccccc3Cl)CC2)c1. The second-order valence-electron chi connectivity index (χ2n) is 7.21. The molecule has 0 aliphatic carbocycles. The third-order valence-electron chi connectivity index (χ3n) is 4.88. The van der Waals surface area contributed by atoms with Gasteiger partial charge in [0.05, 0.1) is 5.02 Å². The van der Waals surface area contributed by atoms with Gasteiger partial charge in [0.25, 0.3) is 5.91 Å². The van der Waals surface area contributed by atoms with Gasteiger partial charge in [-0.3, -0.25) is 9.69 Å². The highest BCUT2D eigenvalue weighted by atomic mass is 35.5. The summed E-state index contributed by atoms with van der Waals surface area (Å²) in [7, 11) is 0. The van der Waals surface area contributed by atoms with E-state index < -0.39 is 6.10 Å². The van der Waals surface area contributed by atoms with Gasteiger partial charge in [-0.05, 0) is 44.2 Å². The van der Waals surface area contributed by atoms with E-state index >= 15 is 0 Å². The monoisotopic (exact) mass is 402 g/mol. The average molecular weight is 403 g/mol. The van der Waals surface area contributed by atoms with Crippen molar-refractivity contribution in [3.8, 4) is 5.75 Å². The molecule has 1 N–H and O–H groups in total. The lowest BCUT2D eigenvalue weighted by atomic mass is 10.1. The Balaban J connectivity index is 1.48. The molecule has 0 saturated carbocycles. The molecule has 1 fully saturated rings. The number of rotatable bonds is 6. The van der Waals surface area contributed by atoms with Crippen molar-refractivity contribution in [3.05, 3.63) is 64.7 Å². The van der Waals surface area contributed by atoms with E-state index in [0.717, 1.165) is 37.2 Å². The topological polar surface area (TPSA) is 53.0 Å². The highest BCUT2D eigenvalue weighted by molar-refractivity contribution is 6.32.